The van der Waals surface area contributed by atoms with Crippen LogP contribution in [0.4, 0.5) is 8.78 Å². The summed E-state index contributed by atoms with van der Waals surface area (Å²) in [5.74, 6) is -0.0984. The van der Waals surface area contributed by atoms with E-state index in [0.717, 1.165) is 60.3 Å². The van der Waals surface area contributed by atoms with E-state index in [9.17, 15) is 8.78 Å². The van der Waals surface area contributed by atoms with Crippen molar-refractivity contribution in [2.24, 2.45) is 0 Å². The molecule has 0 radical (unpaired) electrons. The maximum atomic E-state index is 14.0. The summed E-state index contributed by atoms with van der Waals surface area (Å²) < 4.78 is 27.7. The van der Waals surface area contributed by atoms with Gasteiger partial charge in [0.05, 0.1) is 16.4 Å². The number of nitrogens with zero attached hydrogens (tertiary/aromatic N) is 2. The topological polar surface area (TPSA) is 31.9 Å². The van der Waals surface area contributed by atoms with Crippen LogP contribution >= 0.6 is 11.6 Å². The fraction of sp³-hybridized carbons (Fsp3) is 0.318. The minimum atomic E-state index is -0.490. The third-order valence-corrected chi connectivity index (χ3v) is 6.27. The number of hydrogen-bond donors (Lipinski definition) is 1. The molecular weight excluding hydrogens is 380 g/mol. The summed E-state index contributed by atoms with van der Waals surface area (Å²) in [6.07, 6.45) is 3.09. The van der Waals surface area contributed by atoms with E-state index in [2.05, 4.69) is 9.88 Å². The zero-order valence-electron chi connectivity index (χ0n) is 15.3. The molecular formula is C22H20ClF2N3. The Morgan fingerprint density at radius 2 is 2.00 bits per heavy atom. The SMILES string of the molecule is Fc1cc(F)c2c(c1)CC(N1CCc3nc(-c4ccccc4Cl)[nH]c3C1)CC2. The predicted molar refractivity (Wildman–Crippen MR) is 105 cm³/mol. The van der Waals surface area contributed by atoms with Crippen LogP contribution in [0.15, 0.2) is 36.4 Å². The number of aromatic amines is 1. The van der Waals surface area contributed by atoms with Gasteiger partial charge < -0.3 is 4.98 Å². The number of hydrogen-bond acceptors (Lipinski definition) is 2. The number of benzene rings is 2. The highest BCUT2D eigenvalue weighted by Gasteiger charge is 2.30. The summed E-state index contributed by atoms with van der Waals surface area (Å²) in [6.45, 7) is 1.67. The Morgan fingerprint density at radius 3 is 2.86 bits per heavy atom. The first-order valence-electron chi connectivity index (χ1n) is 9.62. The van der Waals surface area contributed by atoms with E-state index in [1.54, 1.807) is 0 Å². The van der Waals surface area contributed by atoms with Gasteiger partial charge in [-0.15, -0.1) is 0 Å². The minimum Gasteiger partial charge on any atom is -0.340 e. The number of halogens is 3. The second-order valence-corrected chi connectivity index (χ2v) is 8.04. The molecule has 1 unspecified atom stereocenters. The highest BCUT2D eigenvalue weighted by Crippen LogP contribution is 2.32. The number of aromatic nitrogens is 2. The number of rotatable bonds is 2. The maximum Gasteiger partial charge on any atom is 0.139 e. The van der Waals surface area contributed by atoms with Crippen LogP contribution in [0.1, 0.15) is 28.9 Å². The van der Waals surface area contributed by atoms with Crippen molar-refractivity contribution >= 4 is 11.6 Å². The normalized spacial score (nSPS) is 19.3. The van der Waals surface area contributed by atoms with Crippen molar-refractivity contribution in [3.05, 3.63) is 75.6 Å². The second kappa shape index (κ2) is 6.98. The zero-order valence-corrected chi connectivity index (χ0v) is 16.1. The number of H-pyrrole nitrogens is 1. The molecule has 1 N–H and O–H groups in total. The molecule has 0 bridgehead atoms. The molecule has 0 saturated heterocycles. The first-order valence-corrected chi connectivity index (χ1v) is 10.00. The average molecular weight is 400 g/mol. The van der Waals surface area contributed by atoms with Gasteiger partial charge in [-0.05, 0) is 48.6 Å². The molecule has 1 aliphatic carbocycles. The molecule has 0 fully saturated rings. The summed E-state index contributed by atoms with van der Waals surface area (Å²) in [5, 5.41) is 0.679. The molecule has 1 atom stereocenters. The number of fused-ring (bicyclic) bond motifs is 2. The lowest BCUT2D eigenvalue weighted by molar-refractivity contribution is 0.160. The maximum absolute atomic E-state index is 14.0. The van der Waals surface area contributed by atoms with Gasteiger partial charge in [0, 0.05) is 37.2 Å². The first kappa shape index (κ1) is 17.8. The van der Waals surface area contributed by atoms with Crippen LogP contribution in [0.3, 0.4) is 0 Å². The van der Waals surface area contributed by atoms with Gasteiger partial charge in [0.2, 0.25) is 0 Å². The van der Waals surface area contributed by atoms with Crippen LogP contribution in [0, 0.1) is 11.6 Å². The van der Waals surface area contributed by atoms with Gasteiger partial charge >= 0.3 is 0 Å². The van der Waals surface area contributed by atoms with Crippen LogP contribution in [0.25, 0.3) is 11.4 Å². The van der Waals surface area contributed by atoms with Gasteiger partial charge in [0.1, 0.15) is 17.5 Å². The van der Waals surface area contributed by atoms with Crippen molar-refractivity contribution in [2.45, 2.75) is 38.3 Å². The van der Waals surface area contributed by atoms with E-state index in [-0.39, 0.29) is 6.04 Å². The molecule has 6 heteroatoms. The van der Waals surface area contributed by atoms with E-state index < -0.39 is 11.6 Å². The van der Waals surface area contributed by atoms with E-state index in [1.165, 1.54) is 6.07 Å². The minimum absolute atomic E-state index is 0.286. The van der Waals surface area contributed by atoms with Crippen molar-refractivity contribution in [2.75, 3.05) is 6.54 Å². The molecule has 144 valence electrons. The molecule has 2 heterocycles. The van der Waals surface area contributed by atoms with Gasteiger partial charge in [-0.3, -0.25) is 4.90 Å². The predicted octanol–water partition coefficient (Wildman–Crippen LogP) is 4.92. The standard InChI is InChI=1S/C22H20ClF2N3/c23-18-4-2-1-3-17(18)22-26-20-7-8-28(12-21(20)27-22)15-5-6-16-13(10-15)9-14(24)11-19(16)25/h1-4,9,11,15H,5-8,10,12H2,(H,26,27). The summed E-state index contributed by atoms with van der Waals surface area (Å²) in [7, 11) is 0. The lowest BCUT2D eigenvalue weighted by Gasteiger charge is -2.37. The molecule has 0 saturated carbocycles. The largest absolute Gasteiger partial charge is 0.340 e. The summed E-state index contributed by atoms with van der Waals surface area (Å²) in [6, 6.07) is 10.5. The van der Waals surface area contributed by atoms with Crippen LogP contribution in [0.2, 0.25) is 5.02 Å². The van der Waals surface area contributed by atoms with E-state index >= 15 is 0 Å². The monoisotopic (exact) mass is 399 g/mol. The summed E-state index contributed by atoms with van der Waals surface area (Å²) >= 11 is 6.31. The number of nitrogens with one attached hydrogen (secondary N) is 1. The molecule has 2 aromatic carbocycles. The fourth-order valence-electron chi connectivity index (χ4n) is 4.50. The quantitative estimate of drug-likeness (QED) is 0.663. The molecule has 0 spiro atoms. The zero-order chi connectivity index (χ0) is 19.3. The van der Waals surface area contributed by atoms with E-state index in [1.807, 2.05) is 24.3 Å². The Balaban J connectivity index is 1.37. The van der Waals surface area contributed by atoms with Crippen molar-refractivity contribution in [3.63, 3.8) is 0 Å². The highest BCUT2D eigenvalue weighted by atomic mass is 35.5. The molecule has 0 amide bonds. The van der Waals surface area contributed by atoms with Crippen molar-refractivity contribution in [3.8, 4) is 11.4 Å². The van der Waals surface area contributed by atoms with Gasteiger partial charge in [0.15, 0.2) is 0 Å². The molecule has 1 aromatic heterocycles. The van der Waals surface area contributed by atoms with Crippen molar-refractivity contribution in [1.82, 2.24) is 14.9 Å². The van der Waals surface area contributed by atoms with Crippen molar-refractivity contribution in [1.29, 1.82) is 0 Å². The Morgan fingerprint density at radius 1 is 1.14 bits per heavy atom. The Hall–Kier alpha value is -2.24. The van der Waals surface area contributed by atoms with Gasteiger partial charge in [-0.2, -0.15) is 0 Å². The highest BCUT2D eigenvalue weighted by molar-refractivity contribution is 6.33. The van der Waals surface area contributed by atoms with Crippen LogP contribution < -0.4 is 0 Å². The van der Waals surface area contributed by atoms with Gasteiger partial charge in [-0.25, -0.2) is 13.8 Å². The molecule has 1 aliphatic heterocycles. The second-order valence-electron chi connectivity index (χ2n) is 7.63. The smallest absolute Gasteiger partial charge is 0.139 e. The molecule has 5 rings (SSSR count). The molecule has 3 aromatic rings. The van der Waals surface area contributed by atoms with Crippen LogP contribution in [-0.2, 0) is 25.8 Å². The Labute approximate surface area is 167 Å². The molecule has 28 heavy (non-hydrogen) atoms. The van der Waals surface area contributed by atoms with Crippen molar-refractivity contribution < 1.29 is 8.78 Å². The third kappa shape index (κ3) is 3.12. The van der Waals surface area contributed by atoms with Gasteiger partial charge in [0.25, 0.3) is 0 Å². The first-order chi connectivity index (χ1) is 13.6. The Bertz CT molecular complexity index is 1050. The third-order valence-electron chi connectivity index (χ3n) is 5.94. The van der Waals surface area contributed by atoms with Crippen LogP contribution in [0.5, 0.6) is 0 Å². The lowest BCUT2D eigenvalue weighted by atomic mass is 9.86. The number of imidazole rings is 1. The van der Waals surface area contributed by atoms with Crippen LogP contribution in [-0.4, -0.2) is 27.5 Å². The fourth-order valence-corrected chi connectivity index (χ4v) is 4.73. The lowest BCUT2D eigenvalue weighted by Crippen LogP contribution is -2.42. The summed E-state index contributed by atoms with van der Waals surface area (Å²) in [5.41, 5.74) is 4.58. The molecule has 2 aliphatic rings. The average Bonchev–Trinajstić information content (AvgIpc) is 3.10. The Kier molecular flexibility index (Phi) is 4.44. The van der Waals surface area contributed by atoms with E-state index in [4.69, 9.17) is 16.6 Å². The molecule has 3 nitrogen and oxygen atoms in total. The van der Waals surface area contributed by atoms with Gasteiger partial charge in [-0.1, -0.05) is 23.7 Å². The van der Waals surface area contributed by atoms with E-state index in [0.29, 0.717) is 23.4 Å². The summed E-state index contributed by atoms with van der Waals surface area (Å²) in [4.78, 5) is 10.6.